The number of aromatic nitrogens is 2. The minimum Gasteiger partial charge on any atom is -0.491 e. The van der Waals surface area contributed by atoms with Crippen LogP contribution in [0.2, 0.25) is 5.02 Å². The molecule has 162 valence electrons. The molecule has 0 aliphatic heterocycles. The zero-order valence-electron chi connectivity index (χ0n) is 17.1. The largest absolute Gasteiger partial charge is 0.491 e. The van der Waals surface area contributed by atoms with Gasteiger partial charge in [-0.2, -0.15) is 0 Å². The maximum atomic E-state index is 13.0. The zero-order chi connectivity index (χ0) is 22.6. The molecule has 1 N–H and O–H groups in total. The maximum absolute atomic E-state index is 13.0. The number of hydrogen-bond donors (Lipinski definition) is 1. The smallest absolute Gasteiger partial charge is 0.278 e. The Balaban J connectivity index is 1.95. The lowest BCUT2D eigenvalue weighted by Crippen LogP contribution is -2.28. The number of sulfonamides is 1. The van der Waals surface area contributed by atoms with Crippen LogP contribution >= 0.6 is 11.6 Å². The summed E-state index contributed by atoms with van der Waals surface area (Å²) in [5.41, 5.74) is 0.444. The Kier molecular flexibility index (Phi) is 6.77. The first-order chi connectivity index (χ1) is 14.7. The first kappa shape index (κ1) is 22.5. The second-order valence-corrected chi connectivity index (χ2v) is 8.99. The lowest BCUT2D eigenvalue weighted by Gasteiger charge is -2.19. The minimum atomic E-state index is -4.04. The number of nitrogens with one attached hydrogen (secondary N) is 1. The molecule has 8 nitrogen and oxygen atoms in total. The molecule has 10 heteroatoms. The number of pyridine rings is 2. The number of anilines is 2. The van der Waals surface area contributed by atoms with Crippen LogP contribution in [-0.2, 0) is 10.0 Å². The summed E-state index contributed by atoms with van der Waals surface area (Å²) in [5, 5.41) is 0.178. The predicted octanol–water partition coefficient (Wildman–Crippen LogP) is 3.99. The molecule has 0 saturated heterocycles. The van der Waals surface area contributed by atoms with Crippen molar-refractivity contribution in [2.24, 2.45) is 0 Å². The van der Waals surface area contributed by atoms with E-state index in [4.69, 9.17) is 16.3 Å². The Morgan fingerprint density at radius 2 is 1.87 bits per heavy atom. The third kappa shape index (κ3) is 5.50. The Hall–Kier alpha value is -3.17. The van der Waals surface area contributed by atoms with Crippen LogP contribution in [0.25, 0.3) is 0 Å². The second kappa shape index (κ2) is 9.32. The summed E-state index contributed by atoms with van der Waals surface area (Å²) in [7, 11) is -2.49. The molecule has 0 spiro atoms. The van der Waals surface area contributed by atoms with Crippen molar-refractivity contribution in [3.8, 4) is 5.75 Å². The van der Waals surface area contributed by atoms with Gasteiger partial charge in [0.25, 0.3) is 15.9 Å². The molecule has 1 aromatic carbocycles. The summed E-state index contributed by atoms with van der Waals surface area (Å²) in [4.78, 5) is 22.3. The van der Waals surface area contributed by atoms with Crippen LogP contribution in [0.1, 0.15) is 24.3 Å². The quantitative estimate of drug-likeness (QED) is 0.572. The van der Waals surface area contributed by atoms with Crippen molar-refractivity contribution in [1.82, 2.24) is 9.97 Å². The van der Waals surface area contributed by atoms with Gasteiger partial charge in [-0.3, -0.25) is 14.5 Å². The minimum absolute atomic E-state index is 0.0217. The van der Waals surface area contributed by atoms with Crippen molar-refractivity contribution >= 4 is 38.9 Å². The Bertz CT molecular complexity index is 1190. The van der Waals surface area contributed by atoms with Crippen LogP contribution in [0.4, 0.5) is 11.4 Å². The molecule has 0 aliphatic rings. The molecule has 2 heterocycles. The number of carbonyl (C=O) groups is 1. The fourth-order valence-electron chi connectivity index (χ4n) is 2.72. The Morgan fingerprint density at radius 3 is 2.55 bits per heavy atom. The van der Waals surface area contributed by atoms with Crippen molar-refractivity contribution in [3.05, 3.63) is 71.8 Å². The molecular formula is C21H21ClN4O4S. The monoisotopic (exact) mass is 460 g/mol. The van der Waals surface area contributed by atoms with Gasteiger partial charge in [0.15, 0.2) is 5.69 Å². The normalized spacial score (nSPS) is 11.3. The van der Waals surface area contributed by atoms with E-state index in [1.54, 1.807) is 43.7 Å². The summed E-state index contributed by atoms with van der Waals surface area (Å²) in [6, 6.07) is 10.7. The molecule has 0 atom stereocenters. The van der Waals surface area contributed by atoms with Gasteiger partial charge >= 0.3 is 0 Å². The van der Waals surface area contributed by atoms with Gasteiger partial charge < -0.3 is 9.64 Å². The number of benzene rings is 1. The van der Waals surface area contributed by atoms with E-state index in [1.165, 1.54) is 29.3 Å². The van der Waals surface area contributed by atoms with E-state index in [-0.39, 0.29) is 27.4 Å². The average Bonchev–Trinajstić information content (AvgIpc) is 2.73. The highest BCUT2D eigenvalue weighted by atomic mass is 35.5. The number of halogens is 1. The van der Waals surface area contributed by atoms with Crippen molar-refractivity contribution < 1.29 is 17.9 Å². The van der Waals surface area contributed by atoms with Gasteiger partial charge in [0.1, 0.15) is 5.75 Å². The summed E-state index contributed by atoms with van der Waals surface area (Å²) in [6.07, 6.45) is 4.26. The molecule has 0 aliphatic carbocycles. The molecular weight excluding hydrogens is 440 g/mol. The van der Waals surface area contributed by atoms with E-state index < -0.39 is 15.9 Å². The number of hydrogen-bond acceptors (Lipinski definition) is 6. The van der Waals surface area contributed by atoms with Gasteiger partial charge in [-0.1, -0.05) is 17.7 Å². The number of carbonyl (C=O) groups excluding carboxylic acids is 1. The molecule has 0 bridgehead atoms. The fourth-order valence-corrected chi connectivity index (χ4v) is 3.97. The second-order valence-electron chi connectivity index (χ2n) is 6.87. The lowest BCUT2D eigenvalue weighted by molar-refractivity contribution is 0.0989. The predicted molar refractivity (Wildman–Crippen MR) is 119 cm³/mol. The van der Waals surface area contributed by atoms with Crippen LogP contribution in [-0.4, -0.2) is 37.4 Å². The maximum Gasteiger partial charge on any atom is 0.278 e. The number of amides is 1. The summed E-state index contributed by atoms with van der Waals surface area (Å²) in [5.74, 6) is -0.103. The van der Waals surface area contributed by atoms with Gasteiger partial charge in [-0.25, -0.2) is 13.4 Å². The van der Waals surface area contributed by atoms with Crippen LogP contribution in [0.5, 0.6) is 5.75 Å². The van der Waals surface area contributed by atoms with Gasteiger partial charge in [0.2, 0.25) is 0 Å². The SMILES string of the molecule is CC(C)Oc1cccc(S(=O)(=O)Nc2cc(Cl)cnc2C(=O)N(C)c2ccncc2)c1. The molecule has 0 unspecified atom stereocenters. The molecule has 3 aromatic rings. The molecule has 31 heavy (non-hydrogen) atoms. The highest BCUT2D eigenvalue weighted by Crippen LogP contribution is 2.26. The van der Waals surface area contributed by atoms with Gasteiger partial charge in [0.05, 0.1) is 21.7 Å². The molecule has 0 fully saturated rings. The molecule has 3 rings (SSSR count). The first-order valence-corrected chi connectivity index (χ1v) is 11.2. The van der Waals surface area contributed by atoms with E-state index in [1.807, 2.05) is 13.8 Å². The van der Waals surface area contributed by atoms with E-state index in [0.29, 0.717) is 11.4 Å². The highest BCUT2D eigenvalue weighted by molar-refractivity contribution is 7.92. The Labute approximate surface area is 185 Å². The third-order valence-corrected chi connectivity index (χ3v) is 5.71. The highest BCUT2D eigenvalue weighted by Gasteiger charge is 2.23. The van der Waals surface area contributed by atoms with E-state index in [2.05, 4.69) is 14.7 Å². The molecule has 2 aromatic heterocycles. The van der Waals surface area contributed by atoms with Crippen LogP contribution in [0.15, 0.2) is 66.0 Å². The number of rotatable bonds is 7. The molecule has 0 radical (unpaired) electrons. The van der Waals surface area contributed by atoms with Gasteiger partial charge in [-0.15, -0.1) is 0 Å². The first-order valence-electron chi connectivity index (χ1n) is 9.30. The van der Waals surface area contributed by atoms with E-state index in [9.17, 15) is 13.2 Å². The van der Waals surface area contributed by atoms with Crippen LogP contribution in [0, 0.1) is 0 Å². The van der Waals surface area contributed by atoms with E-state index >= 15 is 0 Å². The molecule has 0 saturated carbocycles. The van der Waals surface area contributed by atoms with Crippen molar-refractivity contribution in [1.29, 1.82) is 0 Å². The standard InChI is InChI=1S/C21H21ClN4O4S/c1-14(2)30-17-5-4-6-18(12-17)31(28,29)25-19-11-15(22)13-24-20(19)21(27)26(3)16-7-9-23-10-8-16/h4-14,25H,1-3H3. The summed E-state index contributed by atoms with van der Waals surface area (Å²) in [6.45, 7) is 3.68. The number of nitrogens with zero attached hydrogens (tertiary/aromatic N) is 3. The third-order valence-electron chi connectivity index (χ3n) is 4.14. The van der Waals surface area contributed by atoms with Gasteiger partial charge in [-0.05, 0) is 44.2 Å². The van der Waals surface area contributed by atoms with Gasteiger partial charge in [0, 0.05) is 37.4 Å². The summed E-state index contributed by atoms with van der Waals surface area (Å²) < 4.78 is 34.0. The van der Waals surface area contributed by atoms with Crippen molar-refractivity contribution in [2.45, 2.75) is 24.8 Å². The van der Waals surface area contributed by atoms with Crippen molar-refractivity contribution in [2.75, 3.05) is 16.7 Å². The number of ether oxygens (including phenoxy) is 1. The van der Waals surface area contributed by atoms with Crippen LogP contribution in [0.3, 0.4) is 0 Å². The van der Waals surface area contributed by atoms with Crippen molar-refractivity contribution in [3.63, 3.8) is 0 Å². The average molecular weight is 461 g/mol. The van der Waals surface area contributed by atoms with E-state index in [0.717, 1.165) is 0 Å². The fraction of sp³-hybridized carbons (Fsp3) is 0.190. The molecule has 1 amide bonds. The lowest BCUT2D eigenvalue weighted by atomic mass is 10.2. The summed E-state index contributed by atoms with van der Waals surface area (Å²) >= 11 is 6.02. The Morgan fingerprint density at radius 1 is 1.16 bits per heavy atom. The van der Waals surface area contributed by atoms with Crippen LogP contribution < -0.4 is 14.4 Å². The topological polar surface area (TPSA) is 101 Å². The zero-order valence-corrected chi connectivity index (χ0v) is 18.7.